The number of carbonyl (C=O) groups excluding carboxylic acids is 3. The molecule has 0 atom stereocenters. The lowest BCUT2D eigenvalue weighted by Crippen LogP contribution is -2.36. The Hall–Kier alpha value is -3.66. The number of hydrogen-bond acceptors (Lipinski definition) is 6. The highest BCUT2D eigenvalue weighted by atomic mass is 16.6. The maximum Gasteiger partial charge on any atom is 0.344 e. The zero-order valence-corrected chi connectivity index (χ0v) is 17.3. The number of rotatable bonds is 9. The van der Waals surface area contributed by atoms with Crippen molar-refractivity contribution in [2.45, 2.75) is 27.2 Å². The molecule has 30 heavy (non-hydrogen) atoms. The van der Waals surface area contributed by atoms with Gasteiger partial charge in [0.05, 0.1) is 12.5 Å². The number of anilines is 1. The van der Waals surface area contributed by atoms with Gasteiger partial charge in [0.25, 0.3) is 5.91 Å². The zero-order chi connectivity index (χ0) is 22.1. The molecule has 0 aliphatic carbocycles. The summed E-state index contributed by atoms with van der Waals surface area (Å²) in [5.74, 6) is -0.771. The van der Waals surface area contributed by atoms with E-state index in [1.165, 1.54) is 11.8 Å². The first-order chi connectivity index (χ1) is 14.3. The molecule has 0 aliphatic heterocycles. The minimum absolute atomic E-state index is 0.0655. The second-order valence-electron chi connectivity index (χ2n) is 6.83. The van der Waals surface area contributed by atoms with Gasteiger partial charge in [-0.1, -0.05) is 6.07 Å². The van der Waals surface area contributed by atoms with Crippen LogP contribution in [0.15, 0.2) is 42.5 Å². The number of benzene rings is 2. The molecule has 7 heteroatoms. The molecule has 7 nitrogen and oxygen atoms in total. The quantitative estimate of drug-likeness (QED) is 0.466. The zero-order valence-electron chi connectivity index (χ0n) is 17.3. The topological polar surface area (TPSA) is 96.7 Å². The number of hydrogen-bond donors (Lipinski definition) is 0. The summed E-state index contributed by atoms with van der Waals surface area (Å²) in [6.45, 7) is 4.68. The van der Waals surface area contributed by atoms with E-state index in [-0.39, 0.29) is 25.4 Å². The number of Topliss-reactive ketones (excluding diaryl/α,β-unsaturated/α-hetero) is 1. The van der Waals surface area contributed by atoms with Gasteiger partial charge >= 0.3 is 5.97 Å². The minimum atomic E-state index is -0.695. The van der Waals surface area contributed by atoms with Gasteiger partial charge in [0, 0.05) is 17.8 Å². The molecule has 0 unspecified atom stereocenters. The van der Waals surface area contributed by atoms with Crippen LogP contribution in [-0.4, -0.2) is 37.4 Å². The molecule has 0 fully saturated rings. The van der Waals surface area contributed by atoms with Gasteiger partial charge < -0.3 is 14.4 Å². The predicted molar refractivity (Wildman–Crippen MR) is 111 cm³/mol. The first kappa shape index (κ1) is 22.6. The maximum absolute atomic E-state index is 12.6. The summed E-state index contributed by atoms with van der Waals surface area (Å²) < 4.78 is 10.4. The molecule has 0 radical (unpaired) electrons. The van der Waals surface area contributed by atoms with Gasteiger partial charge in [0.1, 0.15) is 5.75 Å². The van der Waals surface area contributed by atoms with E-state index in [4.69, 9.17) is 14.7 Å². The van der Waals surface area contributed by atoms with Crippen LogP contribution in [0.25, 0.3) is 0 Å². The Balaban J connectivity index is 1.92. The second kappa shape index (κ2) is 10.8. The van der Waals surface area contributed by atoms with Gasteiger partial charge in [-0.05, 0) is 68.3 Å². The lowest BCUT2D eigenvalue weighted by molar-refractivity contribution is -0.149. The summed E-state index contributed by atoms with van der Waals surface area (Å²) >= 11 is 0. The molecule has 2 aromatic carbocycles. The lowest BCUT2D eigenvalue weighted by Gasteiger charge is -2.22. The van der Waals surface area contributed by atoms with E-state index in [1.54, 1.807) is 24.3 Å². The molecule has 0 aliphatic rings. The van der Waals surface area contributed by atoms with Crippen molar-refractivity contribution in [3.05, 3.63) is 59.2 Å². The Morgan fingerprint density at radius 1 is 1.00 bits per heavy atom. The summed E-state index contributed by atoms with van der Waals surface area (Å²) in [7, 11) is 0. The Labute approximate surface area is 175 Å². The lowest BCUT2D eigenvalue weighted by atomic mass is 10.1. The molecule has 1 amide bonds. The molecule has 0 saturated heterocycles. The molecule has 2 rings (SSSR count). The summed E-state index contributed by atoms with van der Waals surface area (Å²) in [6.07, 6.45) is 0.159. The van der Waals surface area contributed by atoms with Crippen molar-refractivity contribution in [2.75, 3.05) is 24.7 Å². The van der Waals surface area contributed by atoms with E-state index in [0.717, 1.165) is 11.1 Å². The van der Waals surface area contributed by atoms with Crippen molar-refractivity contribution in [2.24, 2.45) is 0 Å². The number of amides is 1. The molecular formula is C23H24N2O5. The molecule has 156 valence electrons. The van der Waals surface area contributed by atoms with E-state index < -0.39 is 18.5 Å². The van der Waals surface area contributed by atoms with Crippen molar-refractivity contribution in [3.8, 4) is 11.8 Å². The van der Waals surface area contributed by atoms with E-state index in [2.05, 4.69) is 0 Å². The Bertz CT molecular complexity index is 940. The third kappa shape index (κ3) is 6.74. The molecular weight excluding hydrogens is 384 g/mol. The molecule has 0 heterocycles. The van der Waals surface area contributed by atoms with Gasteiger partial charge in [0.15, 0.2) is 19.0 Å². The van der Waals surface area contributed by atoms with Crippen molar-refractivity contribution in [1.82, 2.24) is 0 Å². The first-order valence-corrected chi connectivity index (χ1v) is 9.45. The Morgan fingerprint density at radius 2 is 1.63 bits per heavy atom. The van der Waals surface area contributed by atoms with E-state index in [1.807, 2.05) is 38.1 Å². The molecule has 0 saturated carbocycles. The fraction of sp³-hybridized carbons (Fsp3) is 0.304. The van der Waals surface area contributed by atoms with Crippen LogP contribution in [0.2, 0.25) is 0 Å². The van der Waals surface area contributed by atoms with Gasteiger partial charge in [-0.15, -0.1) is 0 Å². The van der Waals surface area contributed by atoms with E-state index in [0.29, 0.717) is 17.0 Å². The number of ketones is 1. The maximum atomic E-state index is 12.6. The SMILES string of the molecule is CC(=O)c1ccc(OCC(=O)OCC(=O)N(CCC#N)c2cc(C)cc(C)c2)cc1. The highest BCUT2D eigenvalue weighted by Gasteiger charge is 2.18. The normalized spacial score (nSPS) is 10.1. The van der Waals surface area contributed by atoms with Gasteiger partial charge in [-0.3, -0.25) is 9.59 Å². The Morgan fingerprint density at radius 3 is 2.20 bits per heavy atom. The third-order valence-electron chi connectivity index (χ3n) is 4.24. The summed E-state index contributed by atoms with van der Waals surface area (Å²) in [5.41, 5.74) is 3.17. The van der Waals surface area contributed by atoms with Crippen LogP contribution in [-0.2, 0) is 14.3 Å². The molecule has 0 bridgehead atoms. The van der Waals surface area contributed by atoms with E-state index in [9.17, 15) is 14.4 Å². The standard InChI is InChI=1S/C23H24N2O5/c1-16-11-17(2)13-20(12-16)25(10-4-9-24)22(27)14-30-23(28)15-29-21-7-5-19(6-8-21)18(3)26/h5-8,11-13H,4,10,14-15H2,1-3H3. The number of ether oxygens (including phenoxy) is 2. The van der Waals surface area contributed by atoms with Crippen LogP contribution in [0.1, 0.15) is 34.8 Å². The third-order valence-corrected chi connectivity index (χ3v) is 4.24. The average molecular weight is 408 g/mol. The van der Waals surface area contributed by atoms with Crippen molar-refractivity contribution in [3.63, 3.8) is 0 Å². The molecule has 0 N–H and O–H groups in total. The van der Waals surface area contributed by atoms with Crippen molar-refractivity contribution in [1.29, 1.82) is 5.26 Å². The second-order valence-corrected chi connectivity index (χ2v) is 6.83. The molecule has 0 spiro atoms. The van der Waals surface area contributed by atoms with Crippen molar-refractivity contribution >= 4 is 23.3 Å². The fourth-order valence-electron chi connectivity index (χ4n) is 2.86. The van der Waals surface area contributed by atoms with Crippen molar-refractivity contribution < 1.29 is 23.9 Å². The number of nitriles is 1. The van der Waals surface area contributed by atoms with Gasteiger partial charge in [-0.25, -0.2) is 4.79 Å². The Kier molecular flexibility index (Phi) is 8.12. The summed E-state index contributed by atoms with van der Waals surface area (Å²) in [5, 5.41) is 8.89. The van der Waals surface area contributed by atoms with Crippen LogP contribution in [0.4, 0.5) is 5.69 Å². The molecule has 2 aromatic rings. The fourth-order valence-corrected chi connectivity index (χ4v) is 2.86. The average Bonchev–Trinajstić information content (AvgIpc) is 2.70. The van der Waals surface area contributed by atoms with Crippen LogP contribution in [0, 0.1) is 25.2 Å². The highest BCUT2D eigenvalue weighted by molar-refractivity contribution is 5.95. The highest BCUT2D eigenvalue weighted by Crippen LogP contribution is 2.19. The summed E-state index contributed by atoms with van der Waals surface area (Å²) in [6, 6.07) is 14.1. The molecule has 0 aromatic heterocycles. The number of nitrogens with zero attached hydrogens (tertiary/aromatic N) is 2. The minimum Gasteiger partial charge on any atom is -0.482 e. The van der Waals surface area contributed by atoms with E-state index >= 15 is 0 Å². The monoisotopic (exact) mass is 408 g/mol. The number of carbonyl (C=O) groups is 3. The predicted octanol–water partition coefficient (Wildman–Crippen LogP) is 3.37. The number of esters is 1. The van der Waals surface area contributed by atoms with Crippen LogP contribution in [0.3, 0.4) is 0 Å². The largest absolute Gasteiger partial charge is 0.482 e. The summed E-state index contributed by atoms with van der Waals surface area (Å²) in [4.78, 5) is 37.3. The van der Waals surface area contributed by atoms with Gasteiger partial charge in [-0.2, -0.15) is 5.26 Å². The van der Waals surface area contributed by atoms with Crippen LogP contribution in [0.5, 0.6) is 5.75 Å². The first-order valence-electron chi connectivity index (χ1n) is 9.45. The van der Waals surface area contributed by atoms with Gasteiger partial charge in [0.2, 0.25) is 0 Å². The smallest absolute Gasteiger partial charge is 0.344 e. The number of aryl methyl sites for hydroxylation is 2. The van der Waals surface area contributed by atoms with Crippen LogP contribution >= 0.6 is 0 Å². The van der Waals surface area contributed by atoms with Crippen LogP contribution < -0.4 is 9.64 Å².